The van der Waals surface area contributed by atoms with E-state index in [4.69, 9.17) is 9.97 Å². The van der Waals surface area contributed by atoms with Crippen molar-refractivity contribution in [2.45, 2.75) is 19.3 Å². The fraction of sp³-hybridized carbons (Fsp3) is 0.0638. The van der Waals surface area contributed by atoms with E-state index < -0.39 is 0 Å². The van der Waals surface area contributed by atoms with Crippen LogP contribution in [0.1, 0.15) is 25.0 Å². The predicted molar refractivity (Wildman–Crippen MR) is 205 cm³/mol. The third kappa shape index (κ3) is 6.06. The largest absolute Gasteiger partial charge is 0.228 e. The van der Waals surface area contributed by atoms with Gasteiger partial charge in [-0.15, -0.1) is 0 Å². The Morgan fingerprint density at radius 1 is 0.367 bits per heavy atom. The minimum Gasteiger partial charge on any atom is -0.228 e. The van der Waals surface area contributed by atoms with Gasteiger partial charge in [0.15, 0.2) is 5.82 Å². The van der Waals surface area contributed by atoms with Crippen LogP contribution in [0.4, 0.5) is 0 Å². The van der Waals surface area contributed by atoms with E-state index >= 15 is 0 Å². The second kappa shape index (κ2) is 12.8. The van der Waals surface area contributed by atoms with Crippen molar-refractivity contribution in [3.8, 4) is 56.2 Å². The first-order chi connectivity index (χ1) is 24.0. The SMILES string of the molecule is CC(C)(c1ccc(-c2cccc(-c3cccc4ccccc34)c2)cc1)c1ccc(-c2cc(-c3ccccc3)nc(-c3ccccc3)n2)cc1. The molecule has 0 fully saturated rings. The second-order valence-corrected chi connectivity index (χ2v) is 13.1. The summed E-state index contributed by atoms with van der Waals surface area (Å²) in [5, 5.41) is 2.54. The molecule has 8 aromatic rings. The molecule has 8 rings (SSSR count). The van der Waals surface area contributed by atoms with Gasteiger partial charge in [-0.1, -0.05) is 184 Å². The molecule has 0 saturated carbocycles. The average molecular weight is 629 g/mol. The molecular formula is C47H36N2. The van der Waals surface area contributed by atoms with Crippen LogP contribution in [0.3, 0.4) is 0 Å². The van der Waals surface area contributed by atoms with Crippen LogP contribution < -0.4 is 0 Å². The highest BCUT2D eigenvalue weighted by Gasteiger charge is 2.23. The molecule has 0 bridgehead atoms. The molecule has 0 radical (unpaired) electrons. The molecule has 0 spiro atoms. The van der Waals surface area contributed by atoms with Gasteiger partial charge in [0.05, 0.1) is 11.4 Å². The molecule has 0 aliphatic heterocycles. The quantitative estimate of drug-likeness (QED) is 0.175. The molecule has 234 valence electrons. The Balaban J connectivity index is 1.08. The topological polar surface area (TPSA) is 25.8 Å². The normalized spacial score (nSPS) is 11.5. The Hall–Kier alpha value is -6.12. The van der Waals surface area contributed by atoms with Gasteiger partial charge < -0.3 is 0 Å². The minimum atomic E-state index is -0.183. The molecule has 2 nitrogen and oxygen atoms in total. The van der Waals surface area contributed by atoms with E-state index in [0.717, 1.165) is 33.9 Å². The summed E-state index contributed by atoms with van der Waals surface area (Å²) in [6, 6.07) is 64.5. The van der Waals surface area contributed by atoms with Gasteiger partial charge in [-0.2, -0.15) is 0 Å². The lowest BCUT2D eigenvalue weighted by atomic mass is 9.77. The molecule has 0 amide bonds. The molecule has 49 heavy (non-hydrogen) atoms. The van der Waals surface area contributed by atoms with Gasteiger partial charge in [-0.3, -0.25) is 0 Å². The summed E-state index contributed by atoms with van der Waals surface area (Å²) < 4.78 is 0. The zero-order valence-corrected chi connectivity index (χ0v) is 27.7. The van der Waals surface area contributed by atoms with Crippen LogP contribution >= 0.6 is 0 Å². The maximum Gasteiger partial charge on any atom is 0.160 e. The van der Waals surface area contributed by atoms with Crippen LogP contribution in [0.15, 0.2) is 182 Å². The van der Waals surface area contributed by atoms with Gasteiger partial charge in [0.1, 0.15) is 0 Å². The molecule has 7 aromatic carbocycles. The van der Waals surface area contributed by atoms with Crippen molar-refractivity contribution in [2.75, 3.05) is 0 Å². The first-order valence-electron chi connectivity index (χ1n) is 16.8. The van der Waals surface area contributed by atoms with Crippen LogP contribution in [0.2, 0.25) is 0 Å². The van der Waals surface area contributed by atoms with Crippen molar-refractivity contribution in [1.29, 1.82) is 0 Å². The number of benzene rings is 7. The summed E-state index contributed by atoms with van der Waals surface area (Å²) in [5.41, 5.74) is 12.2. The lowest BCUT2D eigenvalue weighted by molar-refractivity contribution is 0.641. The van der Waals surface area contributed by atoms with E-state index in [1.807, 2.05) is 36.4 Å². The molecular weight excluding hydrogens is 593 g/mol. The molecule has 1 heterocycles. The maximum atomic E-state index is 5.02. The molecule has 0 saturated heterocycles. The number of fused-ring (bicyclic) bond motifs is 1. The van der Waals surface area contributed by atoms with Gasteiger partial charge >= 0.3 is 0 Å². The molecule has 1 aromatic heterocycles. The zero-order valence-electron chi connectivity index (χ0n) is 27.7. The highest BCUT2D eigenvalue weighted by Crippen LogP contribution is 2.36. The predicted octanol–water partition coefficient (Wildman–Crippen LogP) is 12.3. The van der Waals surface area contributed by atoms with E-state index in [9.17, 15) is 0 Å². The molecule has 0 N–H and O–H groups in total. The van der Waals surface area contributed by atoms with E-state index in [1.165, 1.54) is 44.2 Å². The Labute approximate surface area is 288 Å². The maximum absolute atomic E-state index is 5.02. The highest BCUT2D eigenvalue weighted by atomic mass is 14.9. The molecule has 2 heteroatoms. The van der Waals surface area contributed by atoms with Crippen LogP contribution in [-0.2, 0) is 5.41 Å². The molecule has 0 aliphatic rings. The fourth-order valence-corrected chi connectivity index (χ4v) is 6.72. The van der Waals surface area contributed by atoms with Gasteiger partial charge in [0, 0.05) is 22.1 Å². The Bertz CT molecular complexity index is 2310. The van der Waals surface area contributed by atoms with Gasteiger partial charge in [-0.05, 0) is 56.3 Å². The zero-order chi connectivity index (χ0) is 33.2. The summed E-state index contributed by atoms with van der Waals surface area (Å²) in [5.74, 6) is 0.726. The summed E-state index contributed by atoms with van der Waals surface area (Å²) in [6.45, 7) is 4.59. The number of hydrogen-bond donors (Lipinski definition) is 0. The number of hydrogen-bond acceptors (Lipinski definition) is 2. The highest BCUT2D eigenvalue weighted by molar-refractivity contribution is 5.97. The molecule has 0 atom stereocenters. The summed E-state index contributed by atoms with van der Waals surface area (Å²) >= 11 is 0. The number of nitrogens with zero attached hydrogens (tertiary/aromatic N) is 2. The third-order valence-electron chi connectivity index (χ3n) is 9.63. The van der Waals surface area contributed by atoms with Crippen LogP contribution in [0.5, 0.6) is 0 Å². The summed E-state index contributed by atoms with van der Waals surface area (Å²) in [7, 11) is 0. The number of rotatable bonds is 7. The number of aromatic nitrogens is 2. The standard InChI is InChI=1S/C47H36N2/c1-47(2,40-27-23-33(24-28-40)38-19-11-20-39(31-38)43-22-12-18-34-13-9-10-21-42(34)43)41-29-25-36(26-30-41)45-32-44(35-14-5-3-6-15-35)48-46(49-45)37-16-7-4-8-17-37/h3-32H,1-2H3. The van der Waals surface area contributed by atoms with E-state index in [1.54, 1.807) is 0 Å². The van der Waals surface area contributed by atoms with E-state index in [2.05, 4.69) is 159 Å². The van der Waals surface area contributed by atoms with Gasteiger partial charge in [0.2, 0.25) is 0 Å². The Kier molecular flexibility index (Phi) is 7.91. The fourth-order valence-electron chi connectivity index (χ4n) is 6.72. The lowest BCUT2D eigenvalue weighted by Gasteiger charge is -2.26. The minimum absolute atomic E-state index is 0.183. The average Bonchev–Trinajstić information content (AvgIpc) is 3.18. The summed E-state index contributed by atoms with van der Waals surface area (Å²) in [4.78, 5) is 9.96. The summed E-state index contributed by atoms with van der Waals surface area (Å²) in [6.07, 6.45) is 0. The van der Waals surface area contributed by atoms with Crippen molar-refractivity contribution in [2.24, 2.45) is 0 Å². The Morgan fingerprint density at radius 2 is 0.857 bits per heavy atom. The van der Waals surface area contributed by atoms with Crippen molar-refractivity contribution >= 4 is 10.8 Å². The van der Waals surface area contributed by atoms with E-state index in [-0.39, 0.29) is 5.41 Å². The monoisotopic (exact) mass is 628 g/mol. The van der Waals surface area contributed by atoms with Crippen molar-refractivity contribution in [3.63, 3.8) is 0 Å². The third-order valence-corrected chi connectivity index (χ3v) is 9.63. The van der Waals surface area contributed by atoms with Crippen LogP contribution in [0.25, 0.3) is 66.9 Å². The van der Waals surface area contributed by atoms with Gasteiger partial charge in [-0.25, -0.2) is 9.97 Å². The van der Waals surface area contributed by atoms with Crippen LogP contribution in [0, 0.1) is 0 Å². The van der Waals surface area contributed by atoms with Crippen molar-refractivity contribution in [3.05, 3.63) is 193 Å². The van der Waals surface area contributed by atoms with Gasteiger partial charge in [0.25, 0.3) is 0 Å². The first-order valence-corrected chi connectivity index (χ1v) is 16.8. The van der Waals surface area contributed by atoms with Crippen LogP contribution in [-0.4, -0.2) is 9.97 Å². The molecule has 0 aliphatic carbocycles. The van der Waals surface area contributed by atoms with E-state index in [0.29, 0.717) is 0 Å². The van der Waals surface area contributed by atoms with Crippen molar-refractivity contribution in [1.82, 2.24) is 9.97 Å². The second-order valence-electron chi connectivity index (χ2n) is 13.1. The first kappa shape index (κ1) is 30.2. The lowest BCUT2D eigenvalue weighted by Crippen LogP contribution is -2.18. The van der Waals surface area contributed by atoms with Crippen molar-refractivity contribution < 1.29 is 0 Å². The smallest absolute Gasteiger partial charge is 0.160 e. The molecule has 0 unspecified atom stereocenters. The Morgan fingerprint density at radius 3 is 1.53 bits per heavy atom.